The Morgan fingerprint density at radius 3 is 2.62 bits per heavy atom. The third-order valence-corrected chi connectivity index (χ3v) is 8.55. The van der Waals surface area contributed by atoms with Crippen LogP contribution in [0.1, 0.15) is 42.4 Å². The molecule has 1 saturated carbocycles. The van der Waals surface area contributed by atoms with Gasteiger partial charge >= 0.3 is 6.18 Å². The number of halogens is 3. The van der Waals surface area contributed by atoms with Gasteiger partial charge in [0.25, 0.3) is 0 Å². The van der Waals surface area contributed by atoms with Gasteiger partial charge in [0.2, 0.25) is 15.9 Å². The van der Waals surface area contributed by atoms with Crippen LogP contribution in [0.5, 0.6) is 5.75 Å². The molecule has 0 bridgehead atoms. The molecule has 5 rings (SSSR count). The fraction of sp³-hybridized carbons (Fsp3) is 0.375. The lowest BCUT2D eigenvalue weighted by Gasteiger charge is -2.46. The number of anilines is 2. The van der Waals surface area contributed by atoms with E-state index in [0.717, 1.165) is 24.1 Å². The SMILES string of the molecule is CN1c2cc(NC(=O)/C=C3\CC4(CCC4)Oc4cc(C(F)(F)F)ccc43)ccc2CCS1(=O)=O. The summed E-state index contributed by atoms with van der Waals surface area (Å²) in [6.45, 7) is 0. The van der Waals surface area contributed by atoms with Crippen molar-refractivity contribution in [3.05, 3.63) is 59.2 Å². The number of benzene rings is 2. The van der Waals surface area contributed by atoms with Crippen molar-refractivity contribution in [3.8, 4) is 5.75 Å². The smallest absolute Gasteiger partial charge is 0.416 e. The van der Waals surface area contributed by atoms with Crippen LogP contribution in [-0.4, -0.2) is 32.7 Å². The van der Waals surface area contributed by atoms with Crippen LogP contribution in [0.3, 0.4) is 0 Å². The van der Waals surface area contributed by atoms with Gasteiger partial charge in [-0.2, -0.15) is 13.2 Å². The molecule has 10 heteroatoms. The quantitative estimate of drug-likeness (QED) is 0.614. The molecule has 0 atom stereocenters. The van der Waals surface area contributed by atoms with Gasteiger partial charge in [-0.3, -0.25) is 9.10 Å². The van der Waals surface area contributed by atoms with Gasteiger partial charge in [0.1, 0.15) is 11.4 Å². The fourth-order valence-electron chi connectivity index (χ4n) is 4.75. The van der Waals surface area contributed by atoms with Gasteiger partial charge < -0.3 is 10.1 Å². The molecule has 2 heterocycles. The first kappa shape index (κ1) is 22.8. The Bertz CT molecular complexity index is 1310. The van der Waals surface area contributed by atoms with Gasteiger partial charge in [0, 0.05) is 30.8 Å². The van der Waals surface area contributed by atoms with Gasteiger partial charge in [-0.05, 0) is 61.1 Å². The van der Waals surface area contributed by atoms with Crippen LogP contribution in [0, 0.1) is 0 Å². The second-order valence-electron chi connectivity index (χ2n) is 9.06. The molecule has 0 saturated heterocycles. The number of nitrogens with one attached hydrogen (secondary N) is 1. The third-order valence-electron chi connectivity index (χ3n) is 6.80. The number of hydrogen-bond acceptors (Lipinski definition) is 4. The van der Waals surface area contributed by atoms with Crippen molar-refractivity contribution in [1.82, 2.24) is 0 Å². The molecule has 1 N–H and O–H groups in total. The lowest BCUT2D eigenvalue weighted by atomic mass is 9.72. The summed E-state index contributed by atoms with van der Waals surface area (Å²) < 4.78 is 71.2. The molecule has 0 aromatic heterocycles. The van der Waals surface area contributed by atoms with Crippen LogP contribution < -0.4 is 14.4 Å². The maximum atomic E-state index is 13.2. The van der Waals surface area contributed by atoms with E-state index < -0.39 is 33.3 Å². The highest BCUT2D eigenvalue weighted by atomic mass is 32.2. The van der Waals surface area contributed by atoms with Crippen molar-refractivity contribution < 1.29 is 31.1 Å². The lowest BCUT2D eigenvalue weighted by molar-refractivity contribution is -0.138. The van der Waals surface area contributed by atoms with Crippen molar-refractivity contribution in [1.29, 1.82) is 0 Å². The largest absolute Gasteiger partial charge is 0.486 e. The molecule has 3 aliphatic rings. The Labute approximate surface area is 195 Å². The van der Waals surface area contributed by atoms with Crippen LogP contribution in [0.15, 0.2) is 42.5 Å². The van der Waals surface area contributed by atoms with Gasteiger partial charge in [0.15, 0.2) is 0 Å². The number of nitrogens with zero attached hydrogens (tertiary/aromatic N) is 1. The minimum Gasteiger partial charge on any atom is -0.486 e. The maximum absolute atomic E-state index is 13.2. The summed E-state index contributed by atoms with van der Waals surface area (Å²) in [5.74, 6) is -0.271. The van der Waals surface area contributed by atoms with Gasteiger partial charge in [-0.25, -0.2) is 8.42 Å². The predicted octanol–water partition coefficient (Wildman–Crippen LogP) is 4.75. The highest BCUT2D eigenvalue weighted by Crippen LogP contribution is 2.50. The van der Waals surface area contributed by atoms with Crippen LogP contribution >= 0.6 is 0 Å². The molecule has 2 aliphatic heterocycles. The number of ether oxygens (including phenoxy) is 1. The third kappa shape index (κ3) is 4.04. The summed E-state index contributed by atoms with van der Waals surface area (Å²) >= 11 is 0. The van der Waals surface area contributed by atoms with Crippen molar-refractivity contribution in [3.63, 3.8) is 0 Å². The zero-order chi connectivity index (χ0) is 24.3. The topological polar surface area (TPSA) is 75.7 Å². The second kappa shape index (κ2) is 7.76. The first-order valence-electron chi connectivity index (χ1n) is 11.0. The number of sulfonamides is 1. The van der Waals surface area contributed by atoms with Crippen LogP contribution in [0.4, 0.5) is 24.5 Å². The highest BCUT2D eigenvalue weighted by Gasteiger charge is 2.44. The van der Waals surface area contributed by atoms with E-state index in [0.29, 0.717) is 48.2 Å². The molecule has 1 spiro atoms. The van der Waals surface area contributed by atoms with Crippen molar-refractivity contribution >= 4 is 32.9 Å². The molecule has 1 fully saturated rings. The summed E-state index contributed by atoms with van der Waals surface area (Å²) in [4.78, 5) is 12.9. The minimum atomic E-state index is -4.49. The van der Waals surface area contributed by atoms with Crippen LogP contribution in [0.25, 0.3) is 5.57 Å². The average molecular weight is 493 g/mol. The normalized spacial score (nSPS) is 21.3. The number of carbonyl (C=O) groups excluding carboxylic acids is 1. The van der Waals surface area contributed by atoms with E-state index in [9.17, 15) is 26.4 Å². The van der Waals surface area contributed by atoms with E-state index in [2.05, 4.69) is 5.32 Å². The van der Waals surface area contributed by atoms with Gasteiger partial charge in [-0.15, -0.1) is 0 Å². The first-order chi connectivity index (χ1) is 16.0. The average Bonchev–Trinajstić information content (AvgIpc) is 2.74. The predicted molar refractivity (Wildman–Crippen MR) is 122 cm³/mol. The number of fused-ring (bicyclic) bond motifs is 2. The Hall–Kier alpha value is -3.01. The van der Waals surface area contributed by atoms with E-state index >= 15 is 0 Å². The zero-order valence-electron chi connectivity index (χ0n) is 18.4. The van der Waals surface area contributed by atoms with Gasteiger partial charge in [0.05, 0.1) is 17.0 Å². The highest BCUT2D eigenvalue weighted by molar-refractivity contribution is 7.92. The molecule has 2 aromatic carbocycles. The van der Waals surface area contributed by atoms with E-state index in [-0.39, 0.29) is 11.5 Å². The number of carbonyl (C=O) groups is 1. The van der Waals surface area contributed by atoms with Crippen molar-refractivity contribution in [2.45, 2.75) is 43.9 Å². The lowest BCUT2D eigenvalue weighted by Crippen LogP contribution is -2.45. The monoisotopic (exact) mass is 492 g/mol. The number of rotatable bonds is 2. The molecule has 0 radical (unpaired) electrons. The standard InChI is InChI=1S/C24H23F3N2O4S/c1-29-20-13-18(5-3-15(20)7-10-34(29,31)32)28-22(30)11-16-14-23(8-2-9-23)33-21-12-17(24(25,26)27)4-6-19(16)21/h3-6,11-13H,2,7-10,14H2,1H3,(H,28,30)/b16-11+. The zero-order valence-corrected chi connectivity index (χ0v) is 19.2. The summed E-state index contributed by atoms with van der Waals surface area (Å²) in [5, 5.41) is 2.76. The maximum Gasteiger partial charge on any atom is 0.416 e. The molecule has 6 nitrogen and oxygen atoms in total. The number of hydrogen-bond donors (Lipinski definition) is 1. The van der Waals surface area contributed by atoms with Crippen molar-refractivity contribution in [2.24, 2.45) is 0 Å². The number of aryl methyl sites for hydroxylation is 1. The molecule has 1 amide bonds. The summed E-state index contributed by atoms with van der Waals surface area (Å²) in [6.07, 6.45) is 0.0917. The molecule has 180 valence electrons. The number of amides is 1. The molecule has 0 unspecified atom stereocenters. The molecule has 1 aliphatic carbocycles. The summed E-state index contributed by atoms with van der Waals surface area (Å²) in [5.41, 5.74) is 1.54. The van der Waals surface area contributed by atoms with Gasteiger partial charge in [-0.1, -0.05) is 12.1 Å². The minimum absolute atomic E-state index is 0.0353. The van der Waals surface area contributed by atoms with Crippen molar-refractivity contribution in [2.75, 3.05) is 22.4 Å². The summed E-state index contributed by atoms with van der Waals surface area (Å²) in [6, 6.07) is 8.45. The Kier molecular flexibility index (Phi) is 5.20. The number of alkyl halides is 3. The van der Waals surface area contributed by atoms with E-state index in [1.54, 1.807) is 18.2 Å². The summed E-state index contributed by atoms with van der Waals surface area (Å²) in [7, 11) is -1.91. The van der Waals surface area contributed by atoms with Crippen LogP contribution in [-0.2, 0) is 27.4 Å². The van der Waals surface area contributed by atoms with E-state index in [4.69, 9.17) is 4.74 Å². The Balaban J connectivity index is 1.44. The van der Waals surface area contributed by atoms with E-state index in [1.165, 1.54) is 23.5 Å². The van der Waals surface area contributed by atoms with Crippen LogP contribution in [0.2, 0.25) is 0 Å². The fourth-order valence-corrected chi connectivity index (χ4v) is 5.97. The molecular weight excluding hydrogens is 469 g/mol. The first-order valence-corrected chi connectivity index (χ1v) is 12.6. The van der Waals surface area contributed by atoms with E-state index in [1.807, 2.05) is 0 Å². The second-order valence-corrected chi connectivity index (χ2v) is 11.2. The molecule has 34 heavy (non-hydrogen) atoms. The molecular formula is C24H23F3N2O4S. The Morgan fingerprint density at radius 1 is 1.18 bits per heavy atom. The Morgan fingerprint density at radius 2 is 1.94 bits per heavy atom. The molecule has 2 aromatic rings.